The van der Waals surface area contributed by atoms with Gasteiger partial charge in [0.05, 0.1) is 6.10 Å². The molecular weight excluding hydrogens is 198 g/mol. The summed E-state index contributed by atoms with van der Waals surface area (Å²) in [5.41, 5.74) is 0. The monoisotopic (exact) mass is 225 g/mol. The third kappa shape index (κ3) is 3.46. The van der Waals surface area contributed by atoms with E-state index in [1.165, 1.54) is 51.5 Å². The van der Waals surface area contributed by atoms with E-state index in [4.69, 9.17) is 0 Å². The van der Waals surface area contributed by atoms with Crippen LogP contribution < -0.4 is 0 Å². The Morgan fingerprint density at radius 2 is 1.81 bits per heavy atom. The quantitative estimate of drug-likeness (QED) is 0.727. The first-order chi connectivity index (χ1) is 7.81. The van der Waals surface area contributed by atoms with E-state index in [0.29, 0.717) is 5.92 Å². The van der Waals surface area contributed by atoms with Crippen LogP contribution in [0.4, 0.5) is 0 Å². The fraction of sp³-hybridized carbons (Fsp3) is 1.00. The lowest BCUT2D eigenvalue weighted by molar-refractivity contribution is 0.0711. The highest BCUT2D eigenvalue weighted by Crippen LogP contribution is 2.31. The van der Waals surface area contributed by atoms with Gasteiger partial charge in [-0.25, -0.2) is 0 Å². The minimum atomic E-state index is -0.0272. The molecule has 2 aliphatic rings. The lowest BCUT2D eigenvalue weighted by atomic mass is 9.96. The first kappa shape index (κ1) is 12.4. The summed E-state index contributed by atoms with van der Waals surface area (Å²) in [6.07, 6.45) is 10.2. The van der Waals surface area contributed by atoms with Crippen LogP contribution >= 0.6 is 0 Å². The average Bonchev–Trinajstić information content (AvgIpc) is 3.07. The second-order valence-electron chi connectivity index (χ2n) is 5.69. The Morgan fingerprint density at radius 1 is 1.06 bits per heavy atom. The molecule has 2 heteroatoms. The van der Waals surface area contributed by atoms with Gasteiger partial charge in [-0.2, -0.15) is 0 Å². The molecule has 0 aromatic carbocycles. The maximum atomic E-state index is 10.1. The van der Waals surface area contributed by atoms with Gasteiger partial charge in [-0.15, -0.1) is 0 Å². The number of aliphatic hydroxyl groups excluding tert-OH is 1. The molecule has 0 saturated heterocycles. The Kier molecular flexibility index (Phi) is 4.66. The van der Waals surface area contributed by atoms with Crippen LogP contribution in [0.1, 0.15) is 58.3 Å². The van der Waals surface area contributed by atoms with Crippen molar-refractivity contribution in [3.8, 4) is 0 Å². The van der Waals surface area contributed by atoms with Gasteiger partial charge in [-0.3, -0.25) is 0 Å². The highest BCUT2D eigenvalue weighted by molar-refractivity contribution is 4.87. The second-order valence-corrected chi connectivity index (χ2v) is 5.69. The van der Waals surface area contributed by atoms with E-state index in [1.807, 2.05) is 0 Å². The molecule has 0 aromatic heterocycles. The molecule has 2 atom stereocenters. The van der Waals surface area contributed by atoms with Gasteiger partial charge < -0.3 is 10.0 Å². The van der Waals surface area contributed by atoms with Gasteiger partial charge in [-0.1, -0.05) is 26.2 Å². The van der Waals surface area contributed by atoms with Crippen molar-refractivity contribution in [3.05, 3.63) is 0 Å². The molecule has 0 amide bonds. The van der Waals surface area contributed by atoms with Gasteiger partial charge in [0.15, 0.2) is 0 Å². The van der Waals surface area contributed by atoms with Gasteiger partial charge in [0, 0.05) is 12.6 Å². The summed E-state index contributed by atoms with van der Waals surface area (Å²) in [4.78, 5) is 2.64. The van der Waals surface area contributed by atoms with E-state index >= 15 is 0 Å². The van der Waals surface area contributed by atoms with E-state index in [0.717, 1.165) is 19.0 Å². The zero-order chi connectivity index (χ0) is 11.4. The Hall–Kier alpha value is -0.0800. The lowest BCUT2D eigenvalue weighted by Crippen LogP contribution is -2.36. The number of aliphatic hydroxyl groups is 1. The number of rotatable bonds is 5. The maximum Gasteiger partial charge on any atom is 0.0580 e. The summed E-state index contributed by atoms with van der Waals surface area (Å²) in [6, 6.07) is 0.857. The predicted octanol–water partition coefficient (Wildman–Crippen LogP) is 2.80. The Bertz CT molecular complexity index is 203. The molecule has 1 N–H and O–H groups in total. The first-order valence-electron chi connectivity index (χ1n) is 7.23. The summed E-state index contributed by atoms with van der Waals surface area (Å²) in [6.45, 7) is 4.65. The Balaban J connectivity index is 1.84. The molecule has 0 bridgehead atoms. The first-order valence-corrected chi connectivity index (χ1v) is 7.23. The third-order valence-electron chi connectivity index (χ3n) is 4.16. The average molecular weight is 225 g/mol. The fourth-order valence-electron chi connectivity index (χ4n) is 3.03. The molecule has 16 heavy (non-hydrogen) atoms. The van der Waals surface area contributed by atoms with Crippen LogP contribution in [-0.2, 0) is 0 Å². The highest BCUT2D eigenvalue weighted by Gasteiger charge is 2.32. The molecule has 2 unspecified atom stereocenters. The molecule has 0 radical (unpaired) electrons. The van der Waals surface area contributed by atoms with Gasteiger partial charge >= 0.3 is 0 Å². The van der Waals surface area contributed by atoms with Gasteiger partial charge in [0.25, 0.3) is 0 Å². The predicted molar refractivity (Wildman–Crippen MR) is 67.5 cm³/mol. The van der Waals surface area contributed by atoms with E-state index < -0.39 is 0 Å². The normalized spacial score (nSPS) is 31.7. The summed E-state index contributed by atoms with van der Waals surface area (Å²) >= 11 is 0. The molecule has 0 heterocycles. The molecule has 0 spiro atoms. The standard InChI is InChI=1S/C14H27NO/c1-2-10-15(13-8-9-13)11-12-6-4-3-5-7-14(12)16/h12-14,16H,2-11H2,1H3. The minimum Gasteiger partial charge on any atom is -0.393 e. The highest BCUT2D eigenvalue weighted by atomic mass is 16.3. The van der Waals surface area contributed by atoms with Crippen molar-refractivity contribution < 1.29 is 5.11 Å². The van der Waals surface area contributed by atoms with Crippen LogP contribution in [0.3, 0.4) is 0 Å². The zero-order valence-corrected chi connectivity index (χ0v) is 10.7. The minimum absolute atomic E-state index is 0.0272. The summed E-state index contributed by atoms with van der Waals surface area (Å²) in [7, 11) is 0. The summed E-state index contributed by atoms with van der Waals surface area (Å²) < 4.78 is 0. The van der Waals surface area contributed by atoms with E-state index in [2.05, 4.69) is 11.8 Å². The van der Waals surface area contributed by atoms with Crippen LogP contribution in [-0.4, -0.2) is 35.2 Å². The SMILES string of the molecule is CCCN(CC1CCCCCC1O)C1CC1. The molecule has 2 saturated carbocycles. The lowest BCUT2D eigenvalue weighted by Gasteiger charge is -2.29. The van der Waals surface area contributed by atoms with Crippen LogP contribution in [0.5, 0.6) is 0 Å². The van der Waals surface area contributed by atoms with E-state index in [9.17, 15) is 5.11 Å². The van der Waals surface area contributed by atoms with Crippen molar-refractivity contribution in [2.45, 2.75) is 70.4 Å². The zero-order valence-electron chi connectivity index (χ0n) is 10.7. The van der Waals surface area contributed by atoms with Crippen molar-refractivity contribution >= 4 is 0 Å². The third-order valence-corrected chi connectivity index (χ3v) is 4.16. The largest absolute Gasteiger partial charge is 0.393 e. The molecule has 94 valence electrons. The van der Waals surface area contributed by atoms with E-state index in [1.54, 1.807) is 0 Å². The van der Waals surface area contributed by atoms with Crippen molar-refractivity contribution in [3.63, 3.8) is 0 Å². The molecule has 2 nitrogen and oxygen atoms in total. The second kappa shape index (κ2) is 6.02. The van der Waals surface area contributed by atoms with Crippen LogP contribution in [0.15, 0.2) is 0 Å². The molecular formula is C14H27NO. The van der Waals surface area contributed by atoms with Crippen LogP contribution in [0.25, 0.3) is 0 Å². The van der Waals surface area contributed by atoms with Gasteiger partial charge in [0.2, 0.25) is 0 Å². The Labute approximate surface area is 100 Å². The molecule has 0 aliphatic heterocycles. The van der Waals surface area contributed by atoms with Crippen LogP contribution in [0.2, 0.25) is 0 Å². The number of nitrogens with zero attached hydrogens (tertiary/aromatic N) is 1. The van der Waals surface area contributed by atoms with Crippen molar-refractivity contribution in [1.29, 1.82) is 0 Å². The molecule has 0 aromatic rings. The molecule has 2 aliphatic carbocycles. The van der Waals surface area contributed by atoms with Crippen molar-refractivity contribution in [2.75, 3.05) is 13.1 Å². The number of hydrogen-bond acceptors (Lipinski definition) is 2. The van der Waals surface area contributed by atoms with Crippen LogP contribution in [0, 0.1) is 5.92 Å². The summed E-state index contributed by atoms with van der Waals surface area (Å²) in [5, 5.41) is 10.1. The summed E-state index contributed by atoms with van der Waals surface area (Å²) in [5.74, 6) is 0.551. The maximum absolute atomic E-state index is 10.1. The van der Waals surface area contributed by atoms with Gasteiger partial charge in [0.1, 0.15) is 0 Å². The van der Waals surface area contributed by atoms with E-state index in [-0.39, 0.29) is 6.10 Å². The van der Waals surface area contributed by atoms with Crippen molar-refractivity contribution in [1.82, 2.24) is 4.90 Å². The molecule has 2 rings (SSSR count). The van der Waals surface area contributed by atoms with Gasteiger partial charge in [-0.05, 0) is 44.6 Å². The fourth-order valence-corrected chi connectivity index (χ4v) is 3.03. The van der Waals surface area contributed by atoms with Crippen molar-refractivity contribution in [2.24, 2.45) is 5.92 Å². The topological polar surface area (TPSA) is 23.5 Å². The Morgan fingerprint density at radius 3 is 2.50 bits per heavy atom. The smallest absolute Gasteiger partial charge is 0.0580 e. The molecule has 2 fully saturated rings. The number of hydrogen-bond donors (Lipinski definition) is 1.